The summed E-state index contributed by atoms with van der Waals surface area (Å²) in [4.78, 5) is 14.6. The van der Waals surface area contributed by atoms with Gasteiger partial charge in [-0.15, -0.1) is 0 Å². The minimum absolute atomic E-state index is 0.0413. The highest BCUT2D eigenvalue weighted by atomic mass is 16.5. The Balaban J connectivity index is 1.96. The van der Waals surface area contributed by atoms with Crippen LogP contribution in [0.4, 0.5) is 0 Å². The first-order valence-corrected chi connectivity index (χ1v) is 15.4. The van der Waals surface area contributed by atoms with E-state index < -0.39 is 0 Å². The van der Waals surface area contributed by atoms with Gasteiger partial charge in [0.25, 0.3) is 0 Å². The van der Waals surface area contributed by atoms with Crippen molar-refractivity contribution in [3.8, 4) is 0 Å². The van der Waals surface area contributed by atoms with Gasteiger partial charge in [0, 0.05) is 19.6 Å². The maximum atomic E-state index is 12.4. The molecule has 1 rings (SSSR count). The molecule has 0 aromatic carbocycles. The summed E-state index contributed by atoms with van der Waals surface area (Å²) in [5, 5.41) is 3.15. The molecule has 1 amide bonds. The SMILES string of the molecule is CCCC(C)CCCC(C)CCCCC(C)CCCC(C)CCCNC(=O)C(C)N1CCOCC1. The van der Waals surface area contributed by atoms with Crippen LogP contribution in [0.15, 0.2) is 0 Å². The molecule has 0 spiro atoms. The van der Waals surface area contributed by atoms with Crippen molar-refractivity contribution in [2.24, 2.45) is 23.7 Å². The number of carbonyl (C=O) groups is 1. The fourth-order valence-electron chi connectivity index (χ4n) is 5.63. The van der Waals surface area contributed by atoms with Gasteiger partial charge in [-0.2, -0.15) is 0 Å². The van der Waals surface area contributed by atoms with Crippen molar-refractivity contribution in [3.63, 3.8) is 0 Å². The summed E-state index contributed by atoms with van der Waals surface area (Å²) in [5.41, 5.74) is 0. The molecule has 0 bridgehead atoms. The third-order valence-electron chi connectivity index (χ3n) is 8.36. The molecular weight excluding hydrogens is 432 g/mol. The standard InChI is InChI=1S/C31H62N2O2/c1-7-13-26(2)16-10-17-27(3)14-8-9-15-28(4)18-11-19-29(5)20-12-21-32-31(34)30(6)33-22-24-35-25-23-33/h26-30H,7-25H2,1-6H3,(H,32,34). The van der Waals surface area contributed by atoms with Gasteiger partial charge in [-0.1, -0.05) is 112 Å². The molecule has 5 atom stereocenters. The van der Waals surface area contributed by atoms with Crippen LogP contribution in [0.3, 0.4) is 0 Å². The van der Waals surface area contributed by atoms with Crippen LogP contribution in [0, 0.1) is 23.7 Å². The predicted octanol–water partition coefficient (Wildman–Crippen LogP) is 7.85. The van der Waals surface area contributed by atoms with Gasteiger partial charge in [0.2, 0.25) is 5.91 Å². The molecule has 1 aliphatic rings. The number of hydrogen-bond donors (Lipinski definition) is 1. The van der Waals surface area contributed by atoms with Gasteiger partial charge >= 0.3 is 0 Å². The summed E-state index contributed by atoms with van der Waals surface area (Å²) in [5.74, 6) is 3.63. The molecule has 1 N–H and O–H groups in total. The van der Waals surface area contributed by atoms with Crippen LogP contribution in [0.2, 0.25) is 0 Å². The van der Waals surface area contributed by atoms with E-state index in [1.54, 1.807) is 0 Å². The number of ether oxygens (including phenoxy) is 1. The Bertz CT molecular complexity index is 506. The highest BCUT2D eigenvalue weighted by Gasteiger charge is 2.22. The third-order valence-corrected chi connectivity index (χ3v) is 8.36. The Kier molecular flexibility index (Phi) is 18.9. The van der Waals surface area contributed by atoms with Gasteiger partial charge in [0.15, 0.2) is 0 Å². The molecule has 1 saturated heterocycles. The lowest BCUT2D eigenvalue weighted by atomic mass is 9.91. The molecule has 35 heavy (non-hydrogen) atoms. The van der Waals surface area contributed by atoms with Crippen LogP contribution >= 0.6 is 0 Å². The average molecular weight is 495 g/mol. The number of hydrogen-bond acceptors (Lipinski definition) is 3. The van der Waals surface area contributed by atoms with Crippen LogP contribution in [0.25, 0.3) is 0 Å². The molecular formula is C31H62N2O2. The Morgan fingerprint density at radius 3 is 1.60 bits per heavy atom. The minimum Gasteiger partial charge on any atom is -0.379 e. The third kappa shape index (κ3) is 16.7. The molecule has 4 nitrogen and oxygen atoms in total. The van der Waals surface area contributed by atoms with Gasteiger partial charge < -0.3 is 10.1 Å². The monoisotopic (exact) mass is 494 g/mol. The van der Waals surface area contributed by atoms with Crippen molar-refractivity contribution in [3.05, 3.63) is 0 Å². The van der Waals surface area contributed by atoms with Crippen molar-refractivity contribution >= 4 is 5.91 Å². The molecule has 1 fully saturated rings. The fourth-order valence-corrected chi connectivity index (χ4v) is 5.63. The smallest absolute Gasteiger partial charge is 0.237 e. The second-order valence-corrected chi connectivity index (χ2v) is 12.1. The first-order chi connectivity index (χ1) is 16.8. The molecule has 0 aromatic rings. The fraction of sp³-hybridized carbons (Fsp3) is 0.968. The summed E-state index contributed by atoms with van der Waals surface area (Å²) in [6.45, 7) is 18.1. The number of unbranched alkanes of at least 4 members (excludes halogenated alkanes) is 1. The van der Waals surface area contributed by atoms with Gasteiger partial charge in [0.1, 0.15) is 0 Å². The number of nitrogens with one attached hydrogen (secondary N) is 1. The maximum Gasteiger partial charge on any atom is 0.237 e. The predicted molar refractivity (Wildman–Crippen MR) is 152 cm³/mol. The van der Waals surface area contributed by atoms with Crippen LogP contribution in [-0.4, -0.2) is 49.7 Å². The van der Waals surface area contributed by atoms with E-state index in [1.165, 1.54) is 83.5 Å². The topological polar surface area (TPSA) is 41.6 Å². The molecule has 1 heterocycles. The van der Waals surface area contributed by atoms with Crippen LogP contribution < -0.4 is 5.32 Å². The van der Waals surface area contributed by atoms with E-state index >= 15 is 0 Å². The van der Waals surface area contributed by atoms with E-state index in [9.17, 15) is 4.79 Å². The van der Waals surface area contributed by atoms with Crippen LogP contribution in [0.5, 0.6) is 0 Å². The summed E-state index contributed by atoms with van der Waals surface area (Å²) < 4.78 is 5.38. The van der Waals surface area contributed by atoms with E-state index in [2.05, 4.69) is 44.8 Å². The molecule has 1 aliphatic heterocycles. The Morgan fingerprint density at radius 2 is 1.11 bits per heavy atom. The molecule has 0 radical (unpaired) electrons. The van der Waals surface area contributed by atoms with Crippen molar-refractivity contribution < 1.29 is 9.53 Å². The Labute approximate surface area is 219 Å². The zero-order chi connectivity index (χ0) is 25.9. The van der Waals surface area contributed by atoms with E-state index in [0.717, 1.165) is 62.9 Å². The maximum absolute atomic E-state index is 12.4. The van der Waals surface area contributed by atoms with E-state index in [1.807, 2.05) is 6.92 Å². The average Bonchev–Trinajstić information content (AvgIpc) is 2.84. The molecule has 208 valence electrons. The number of morpholine rings is 1. The van der Waals surface area contributed by atoms with Gasteiger partial charge in [-0.05, 0) is 43.4 Å². The summed E-state index contributed by atoms with van der Waals surface area (Å²) in [7, 11) is 0. The van der Waals surface area contributed by atoms with E-state index in [0.29, 0.717) is 0 Å². The van der Waals surface area contributed by atoms with Crippen molar-refractivity contribution in [2.75, 3.05) is 32.8 Å². The molecule has 0 aliphatic carbocycles. The van der Waals surface area contributed by atoms with Gasteiger partial charge in [-0.3, -0.25) is 9.69 Å². The lowest BCUT2D eigenvalue weighted by molar-refractivity contribution is -0.127. The van der Waals surface area contributed by atoms with E-state index in [-0.39, 0.29) is 11.9 Å². The molecule has 0 saturated carbocycles. The number of amides is 1. The minimum atomic E-state index is -0.0413. The van der Waals surface area contributed by atoms with Gasteiger partial charge in [0.05, 0.1) is 19.3 Å². The van der Waals surface area contributed by atoms with Crippen LogP contribution in [-0.2, 0) is 9.53 Å². The second-order valence-electron chi connectivity index (χ2n) is 12.1. The Hall–Kier alpha value is -0.610. The highest BCUT2D eigenvalue weighted by molar-refractivity contribution is 5.81. The van der Waals surface area contributed by atoms with Crippen molar-refractivity contribution in [1.29, 1.82) is 0 Å². The first-order valence-electron chi connectivity index (χ1n) is 15.4. The summed E-state index contributed by atoms with van der Waals surface area (Å²) >= 11 is 0. The zero-order valence-electron chi connectivity index (χ0n) is 24.6. The quantitative estimate of drug-likeness (QED) is 0.165. The first kappa shape index (κ1) is 32.4. The lowest BCUT2D eigenvalue weighted by Gasteiger charge is -2.31. The largest absolute Gasteiger partial charge is 0.379 e. The lowest BCUT2D eigenvalue weighted by Crippen LogP contribution is -2.49. The van der Waals surface area contributed by atoms with Crippen molar-refractivity contribution in [1.82, 2.24) is 10.2 Å². The number of rotatable bonds is 21. The summed E-state index contributed by atoms with van der Waals surface area (Å²) in [6.07, 6.45) is 19.1. The molecule has 5 unspecified atom stereocenters. The van der Waals surface area contributed by atoms with Gasteiger partial charge in [-0.25, -0.2) is 0 Å². The van der Waals surface area contributed by atoms with Crippen molar-refractivity contribution in [2.45, 2.75) is 137 Å². The molecule has 0 aromatic heterocycles. The summed E-state index contributed by atoms with van der Waals surface area (Å²) in [6, 6.07) is -0.0413. The normalized spacial score (nSPS) is 19.1. The zero-order valence-corrected chi connectivity index (χ0v) is 24.6. The number of carbonyl (C=O) groups excluding carboxylic acids is 1. The second kappa shape index (κ2) is 20.4. The van der Waals surface area contributed by atoms with E-state index in [4.69, 9.17) is 4.74 Å². The number of nitrogens with zero attached hydrogens (tertiary/aromatic N) is 1. The Morgan fingerprint density at radius 1 is 0.686 bits per heavy atom. The molecule has 4 heteroatoms. The highest BCUT2D eigenvalue weighted by Crippen LogP contribution is 2.23. The van der Waals surface area contributed by atoms with Crippen LogP contribution in [0.1, 0.15) is 131 Å².